The van der Waals surface area contributed by atoms with Crippen molar-refractivity contribution >= 4 is 11.6 Å². The van der Waals surface area contributed by atoms with Crippen molar-refractivity contribution in [2.45, 2.75) is 20.0 Å². The lowest BCUT2D eigenvalue weighted by Gasteiger charge is -2.15. The Kier molecular flexibility index (Phi) is 4.60. The van der Waals surface area contributed by atoms with Gasteiger partial charge in [-0.15, -0.1) is 0 Å². The molecule has 2 aromatic heterocycles. The molecule has 3 aromatic rings. The third kappa shape index (κ3) is 3.68. The highest BCUT2D eigenvalue weighted by Crippen LogP contribution is 2.31. The smallest absolute Gasteiger partial charge is 0.241 e. The summed E-state index contributed by atoms with van der Waals surface area (Å²) in [6.45, 7) is 3.73. The average molecular weight is 363 g/mol. The highest BCUT2D eigenvalue weighted by Gasteiger charge is 2.23. The SMILES string of the molecule is Cc1nn(C)c(Oc2cccnc2)c1NC(=O)CN1Cc2ccccc2C1. The fourth-order valence-electron chi connectivity index (χ4n) is 3.31. The van der Waals surface area contributed by atoms with E-state index >= 15 is 0 Å². The number of carbonyl (C=O) groups is 1. The number of hydrogen-bond acceptors (Lipinski definition) is 5. The standard InChI is InChI=1S/C20H21N5O2/c1-14-19(20(24(2)23-14)27-17-8-5-9-21-10-17)22-18(26)13-25-11-15-6-3-4-7-16(15)12-25/h3-10H,11-13H2,1-2H3,(H,22,26). The number of pyridine rings is 1. The summed E-state index contributed by atoms with van der Waals surface area (Å²) in [5, 5.41) is 7.33. The summed E-state index contributed by atoms with van der Waals surface area (Å²) in [4.78, 5) is 18.8. The van der Waals surface area contributed by atoms with Gasteiger partial charge in [0.1, 0.15) is 11.4 Å². The number of benzene rings is 1. The minimum atomic E-state index is -0.0880. The minimum Gasteiger partial charge on any atom is -0.436 e. The predicted molar refractivity (Wildman–Crippen MR) is 101 cm³/mol. The Balaban J connectivity index is 1.46. The monoisotopic (exact) mass is 363 g/mol. The van der Waals surface area contributed by atoms with Gasteiger partial charge in [-0.1, -0.05) is 24.3 Å². The molecule has 1 aliphatic rings. The van der Waals surface area contributed by atoms with E-state index in [4.69, 9.17) is 4.74 Å². The highest BCUT2D eigenvalue weighted by atomic mass is 16.5. The minimum absolute atomic E-state index is 0.0880. The summed E-state index contributed by atoms with van der Waals surface area (Å²) >= 11 is 0. The molecular weight excluding hydrogens is 342 g/mol. The predicted octanol–water partition coefficient (Wildman–Crippen LogP) is 2.87. The number of ether oxygens (including phenoxy) is 1. The number of amides is 1. The molecule has 1 amide bonds. The van der Waals surface area contributed by atoms with Crippen molar-refractivity contribution in [1.82, 2.24) is 19.7 Å². The zero-order chi connectivity index (χ0) is 18.8. The Morgan fingerprint density at radius 3 is 2.59 bits per heavy atom. The van der Waals surface area contributed by atoms with E-state index < -0.39 is 0 Å². The first kappa shape index (κ1) is 17.2. The third-order valence-corrected chi connectivity index (χ3v) is 4.56. The molecule has 7 heteroatoms. The van der Waals surface area contributed by atoms with Crippen molar-refractivity contribution in [1.29, 1.82) is 0 Å². The van der Waals surface area contributed by atoms with Crippen molar-refractivity contribution < 1.29 is 9.53 Å². The maximum Gasteiger partial charge on any atom is 0.241 e. The number of nitrogens with one attached hydrogen (secondary N) is 1. The molecule has 0 saturated heterocycles. The van der Waals surface area contributed by atoms with Gasteiger partial charge in [0.25, 0.3) is 0 Å². The van der Waals surface area contributed by atoms with Gasteiger partial charge in [0, 0.05) is 26.3 Å². The van der Waals surface area contributed by atoms with Crippen LogP contribution < -0.4 is 10.1 Å². The van der Waals surface area contributed by atoms with Crippen LogP contribution in [0.4, 0.5) is 5.69 Å². The lowest BCUT2D eigenvalue weighted by atomic mass is 10.1. The Bertz CT molecular complexity index is 943. The van der Waals surface area contributed by atoms with E-state index in [9.17, 15) is 4.79 Å². The summed E-state index contributed by atoms with van der Waals surface area (Å²) in [6, 6.07) is 11.9. The second kappa shape index (κ2) is 7.20. The van der Waals surface area contributed by atoms with Crippen molar-refractivity contribution in [2.75, 3.05) is 11.9 Å². The first-order chi connectivity index (χ1) is 13.1. The Morgan fingerprint density at radius 2 is 1.93 bits per heavy atom. The molecule has 0 radical (unpaired) electrons. The number of nitrogens with zero attached hydrogens (tertiary/aromatic N) is 4. The zero-order valence-electron chi connectivity index (χ0n) is 15.3. The van der Waals surface area contributed by atoms with Crippen molar-refractivity contribution in [3.05, 3.63) is 65.6 Å². The molecule has 0 fully saturated rings. The summed E-state index contributed by atoms with van der Waals surface area (Å²) < 4.78 is 7.51. The van der Waals surface area contributed by atoms with Gasteiger partial charge in [0.2, 0.25) is 11.8 Å². The normalized spacial score (nSPS) is 13.4. The average Bonchev–Trinajstić information content (AvgIpc) is 3.17. The van der Waals surface area contributed by atoms with Crippen molar-refractivity contribution in [2.24, 2.45) is 7.05 Å². The van der Waals surface area contributed by atoms with Crippen LogP contribution in [-0.4, -0.2) is 32.1 Å². The van der Waals surface area contributed by atoms with Crippen molar-refractivity contribution in [3.63, 3.8) is 0 Å². The van der Waals surface area contributed by atoms with Crippen LogP contribution in [-0.2, 0) is 24.9 Å². The lowest BCUT2D eigenvalue weighted by molar-refractivity contribution is -0.117. The molecule has 3 heterocycles. The molecule has 0 spiro atoms. The van der Waals surface area contributed by atoms with Crippen LogP contribution in [0.25, 0.3) is 0 Å². The van der Waals surface area contributed by atoms with Gasteiger partial charge in [-0.2, -0.15) is 5.10 Å². The number of aryl methyl sites for hydroxylation is 2. The number of aromatic nitrogens is 3. The molecule has 1 aliphatic heterocycles. The molecule has 0 atom stereocenters. The Morgan fingerprint density at radius 1 is 1.19 bits per heavy atom. The van der Waals surface area contributed by atoms with E-state index in [1.165, 1.54) is 11.1 Å². The first-order valence-corrected chi connectivity index (χ1v) is 8.80. The molecule has 0 unspecified atom stereocenters. The largest absolute Gasteiger partial charge is 0.436 e. The number of hydrogen-bond donors (Lipinski definition) is 1. The fraction of sp³-hybridized carbons (Fsp3) is 0.250. The second-order valence-corrected chi connectivity index (χ2v) is 6.64. The molecule has 0 saturated carbocycles. The van der Waals surface area contributed by atoms with E-state index in [0.29, 0.717) is 29.6 Å². The van der Waals surface area contributed by atoms with E-state index in [1.54, 1.807) is 30.2 Å². The second-order valence-electron chi connectivity index (χ2n) is 6.64. The van der Waals surface area contributed by atoms with Gasteiger partial charge in [-0.25, -0.2) is 4.68 Å². The molecule has 7 nitrogen and oxygen atoms in total. The molecule has 1 aromatic carbocycles. The van der Waals surface area contributed by atoms with Gasteiger partial charge >= 0.3 is 0 Å². The summed E-state index contributed by atoms with van der Waals surface area (Å²) in [6.07, 6.45) is 3.30. The molecule has 27 heavy (non-hydrogen) atoms. The zero-order valence-corrected chi connectivity index (χ0v) is 15.3. The van der Waals surface area contributed by atoms with Crippen LogP contribution in [0.2, 0.25) is 0 Å². The van der Waals surface area contributed by atoms with Crippen LogP contribution >= 0.6 is 0 Å². The maximum absolute atomic E-state index is 12.6. The van der Waals surface area contributed by atoms with Crippen LogP contribution in [0.5, 0.6) is 11.6 Å². The summed E-state index contributed by atoms with van der Waals surface area (Å²) in [5.41, 5.74) is 3.85. The van der Waals surface area contributed by atoms with E-state index in [-0.39, 0.29) is 5.91 Å². The lowest BCUT2D eigenvalue weighted by Crippen LogP contribution is -2.29. The Labute approximate surface area is 157 Å². The molecule has 0 aliphatic carbocycles. The quantitative estimate of drug-likeness (QED) is 0.755. The molecular formula is C20H21N5O2. The number of carbonyl (C=O) groups excluding carboxylic acids is 1. The van der Waals surface area contributed by atoms with Crippen LogP contribution in [0.1, 0.15) is 16.8 Å². The molecule has 0 bridgehead atoms. The number of rotatable bonds is 5. The van der Waals surface area contributed by atoms with Crippen molar-refractivity contribution in [3.8, 4) is 11.6 Å². The molecule has 138 valence electrons. The van der Waals surface area contributed by atoms with Gasteiger partial charge in [0.05, 0.1) is 18.4 Å². The van der Waals surface area contributed by atoms with Gasteiger partial charge < -0.3 is 10.1 Å². The number of fused-ring (bicyclic) bond motifs is 1. The van der Waals surface area contributed by atoms with Crippen LogP contribution in [0.3, 0.4) is 0 Å². The van der Waals surface area contributed by atoms with E-state index in [2.05, 4.69) is 32.4 Å². The topological polar surface area (TPSA) is 72.3 Å². The van der Waals surface area contributed by atoms with Crippen LogP contribution in [0, 0.1) is 6.92 Å². The van der Waals surface area contributed by atoms with E-state index in [0.717, 1.165) is 13.1 Å². The maximum atomic E-state index is 12.6. The first-order valence-electron chi connectivity index (χ1n) is 8.80. The van der Waals surface area contributed by atoms with Crippen LogP contribution in [0.15, 0.2) is 48.8 Å². The van der Waals surface area contributed by atoms with Gasteiger partial charge in [-0.05, 0) is 30.2 Å². The highest BCUT2D eigenvalue weighted by molar-refractivity contribution is 5.94. The number of anilines is 1. The summed E-state index contributed by atoms with van der Waals surface area (Å²) in [5.74, 6) is 0.986. The van der Waals surface area contributed by atoms with Gasteiger partial charge in [0.15, 0.2) is 0 Å². The van der Waals surface area contributed by atoms with E-state index in [1.807, 2.05) is 25.1 Å². The molecule has 1 N–H and O–H groups in total. The van der Waals surface area contributed by atoms with Gasteiger partial charge in [-0.3, -0.25) is 14.7 Å². The fourth-order valence-corrected chi connectivity index (χ4v) is 3.31. The summed E-state index contributed by atoms with van der Waals surface area (Å²) in [7, 11) is 1.78. The molecule has 4 rings (SSSR count). The Hall–Kier alpha value is -3.19. The third-order valence-electron chi connectivity index (χ3n) is 4.56.